The second-order valence-electron chi connectivity index (χ2n) is 28.2. The average molecular weight is 2130 g/mol. The van der Waals surface area contributed by atoms with Gasteiger partial charge in [0, 0.05) is 64.7 Å². The maximum Gasteiger partial charge on any atom is 0.569 e. The number of nitro benzene ring substituents is 2. The molecule has 0 spiro atoms. The quantitative estimate of drug-likeness (QED) is 0.0150. The number of hydrogen-bond donors (Lipinski definition) is 3. The highest BCUT2D eigenvalue weighted by Crippen LogP contribution is 2.42. The molecular formula is C110H85BBr2I3N2O9. The molecule has 0 aromatic heterocycles. The summed E-state index contributed by atoms with van der Waals surface area (Å²) in [7, 11) is 0.590. The van der Waals surface area contributed by atoms with E-state index in [1.807, 2.05) is 54.6 Å². The summed E-state index contributed by atoms with van der Waals surface area (Å²) in [6.45, 7) is 0.130. The summed E-state index contributed by atoms with van der Waals surface area (Å²) in [6.07, 6.45) is 0. The number of para-hydroxylation sites is 2. The zero-order valence-electron chi connectivity index (χ0n) is 68.6. The summed E-state index contributed by atoms with van der Waals surface area (Å²) in [6, 6.07) is 156. The van der Waals surface area contributed by atoms with E-state index in [0.717, 1.165) is 54.5 Å². The molecule has 0 unspecified atom stereocenters. The Balaban J connectivity index is 0.000000166. The molecule has 17 rings (SSSR count). The van der Waals surface area contributed by atoms with Crippen LogP contribution in [0.2, 0.25) is 0 Å². The van der Waals surface area contributed by atoms with Crippen molar-refractivity contribution in [2.24, 2.45) is 0 Å². The molecule has 3 N–H and O–H groups in total. The van der Waals surface area contributed by atoms with Gasteiger partial charge in [0.1, 0.15) is 29.6 Å². The van der Waals surface area contributed by atoms with Crippen molar-refractivity contribution in [2.75, 3.05) is 0 Å². The van der Waals surface area contributed by atoms with Crippen LogP contribution in [0.15, 0.2) is 472 Å². The second-order valence-corrected chi connectivity index (χ2v) is 29.7. The molecule has 0 aliphatic rings. The Hall–Kier alpha value is -12.9. The number of phenolic OH excluding ortho intramolecular Hbond substituents is 2. The normalized spacial score (nSPS) is 10.1. The van der Waals surface area contributed by atoms with Gasteiger partial charge in [-0.2, -0.15) is 0 Å². The van der Waals surface area contributed by atoms with E-state index in [1.54, 1.807) is 60.7 Å². The lowest BCUT2D eigenvalue weighted by Crippen LogP contribution is -2.00. The van der Waals surface area contributed by atoms with E-state index in [-0.39, 0.29) is 63.3 Å². The van der Waals surface area contributed by atoms with Gasteiger partial charge in [-0.3, -0.25) is 20.2 Å². The molecule has 0 saturated carbocycles. The maximum atomic E-state index is 11.3. The number of phenols is 2. The molecule has 17 heteroatoms. The summed E-state index contributed by atoms with van der Waals surface area (Å²) in [4.78, 5) is 20.9. The number of benzene rings is 17. The molecule has 0 aliphatic heterocycles. The Morgan fingerprint density at radius 3 is 0.740 bits per heavy atom. The van der Waals surface area contributed by atoms with Crippen molar-refractivity contribution in [3.05, 3.63) is 570 Å². The maximum absolute atomic E-state index is 11.3. The van der Waals surface area contributed by atoms with E-state index in [2.05, 4.69) is 401 Å². The van der Waals surface area contributed by atoms with E-state index in [4.69, 9.17) is 14.9 Å². The van der Waals surface area contributed by atoms with Crippen molar-refractivity contribution < 1.29 is 34.5 Å². The largest absolute Gasteiger partial charge is 0.569 e. The molecule has 1 radical (unpaired) electrons. The van der Waals surface area contributed by atoms with Crippen molar-refractivity contribution in [1.29, 1.82) is 0 Å². The molecule has 0 amide bonds. The van der Waals surface area contributed by atoms with Crippen molar-refractivity contribution in [1.82, 2.24) is 0 Å². The van der Waals surface area contributed by atoms with Crippen LogP contribution in [-0.2, 0) is 11.9 Å². The Morgan fingerprint density at radius 1 is 0.283 bits per heavy atom. The first kappa shape index (κ1) is 94.8. The van der Waals surface area contributed by atoms with Crippen molar-refractivity contribution in [3.63, 3.8) is 0 Å². The number of nitrogens with zero attached hydrogens (tertiary/aromatic N) is 2. The minimum atomic E-state index is -0.382. The van der Waals surface area contributed by atoms with Gasteiger partial charge in [-0.1, -0.05) is 420 Å². The van der Waals surface area contributed by atoms with E-state index in [1.165, 1.54) is 96.6 Å². The fourth-order valence-electron chi connectivity index (χ4n) is 14.2. The zero-order valence-corrected chi connectivity index (χ0v) is 78.4. The summed E-state index contributed by atoms with van der Waals surface area (Å²) < 4.78 is 11.5. The number of rotatable bonds is 22. The highest BCUT2D eigenvalue weighted by molar-refractivity contribution is 15.0. The van der Waals surface area contributed by atoms with Crippen LogP contribution >= 0.6 is 93.1 Å². The molecular weight excluding hydrogens is 2040 g/mol. The van der Waals surface area contributed by atoms with E-state index in [9.17, 15) is 25.3 Å². The Labute approximate surface area is 799 Å². The van der Waals surface area contributed by atoms with Gasteiger partial charge in [-0.15, -0.1) is 24.0 Å². The Morgan fingerprint density at radius 2 is 0.488 bits per heavy atom. The van der Waals surface area contributed by atoms with Crippen molar-refractivity contribution >= 4 is 146 Å². The smallest absolute Gasteiger partial charge is 0.537 e. The molecule has 0 heterocycles. The molecule has 11 nitrogen and oxygen atoms in total. The van der Waals surface area contributed by atoms with Gasteiger partial charge in [0.15, 0.2) is 0 Å². The molecule has 0 fully saturated rings. The number of hydrogen-bond acceptors (Lipinski definition) is 9. The summed E-state index contributed by atoms with van der Waals surface area (Å²) in [5.41, 5.74) is 27.2. The predicted molar refractivity (Wildman–Crippen MR) is 556 cm³/mol. The lowest BCUT2D eigenvalue weighted by Gasteiger charge is -2.18. The second kappa shape index (κ2) is 50.3. The van der Waals surface area contributed by atoms with Gasteiger partial charge < -0.3 is 24.6 Å². The lowest BCUT2D eigenvalue weighted by atomic mass is 9.85. The lowest BCUT2D eigenvalue weighted by molar-refractivity contribution is -0.385. The zero-order chi connectivity index (χ0) is 88.0. The fraction of sp³-hybridized carbons (Fsp3) is 0.0182. The molecule has 0 aliphatic carbocycles. The van der Waals surface area contributed by atoms with Crippen LogP contribution in [0.4, 0.5) is 11.4 Å². The third kappa shape index (κ3) is 27.1. The molecule has 0 bridgehead atoms. The highest BCUT2D eigenvalue weighted by atomic mass is 128. The highest BCUT2D eigenvalue weighted by Gasteiger charge is 2.21. The van der Waals surface area contributed by atoms with Crippen LogP contribution in [0.5, 0.6) is 23.0 Å². The first-order chi connectivity index (χ1) is 61.9. The van der Waals surface area contributed by atoms with Gasteiger partial charge in [0.25, 0.3) is 11.4 Å². The van der Waals surface area contributed by atoms with Crippen LogP contribution < -0.4 is 9.39 Å². The molecule has 627 valence electrons. The van der Waals surface area contributed by atoms with Crippen LogP contribution in [0.1, 0.15) is 77.9 Å². The van der Waals surface area contributed by atoms with Gasteiger partial charge in [0.05, 0.1) is 15.4 Å². The summed E-state index contributed by atoms with van der Waals surface area (Å²) in [5.74, 6) is 1.59. The Kier molecular flexibility index (Phi) is 37.6. The molecule has 127 heavy (non-hydrogen) atoms. The number of halogens is 5. The van der Waals surface area contributed by atoms with E-state index >= 15 is 0 Å². The van der Waals surface area contributed by atoms with Crippen LogP contribution in [0.25, 0.3) is 55.7 Å². The SMILES string of the molecule is Brc1ccc(C(=C(c2ccccc2)c2ccccc2)c2ccccc2)cc1.I.II.O=[N+]([O-])c1ccccc1CBr.O=[N+]([O-])c1ccccc1COc1ccc(-c2ccc(C(=C(c3ccccc3)c3ccccc3)c3ccccc3)cc2)cc1.O[B]Oc1ccc(O)cc1.Oc1ccc(-c2ccc(C(=C(c3ccccc3)c3ccccc3)c3ccccc3)cc2)cc1. The van der Waals surface area contributed by atoms with Gasteiger partial charge >= 0.3 is 7.69 Å². The first-order valence-corrected chi connectivity index (χ1v) is 48.4. The van der Waals surface area contributed by atoms with E-state index < -0.39 is 0 Å². The molecule has 0 saturated heterocycles. The molecule has 17 aromatic carbocycles. The molecule has 0 atom stereocenters. The fourth-order valence-corrected chi connectivity index (χ4v) is 14.9. The summed E-state index contributed by atoms with van der Waals surface area (Å²) >= 11 is 11.0. The standard InChI is InChI=1S/C39H29NO3.C32H24O.C26H19Br.C7H6BrNO2.C6H6BO3.I2.HI/c41-40(42)37-19-11-10-18-35(37)28-43-36-26-24-30(25-27-36)29-20-22-34(23-21-29)39(33-16-8-3-9-17-33)38(31-12-4-1-5-13-31)32-14-6-2-7-15-32;33-30-22-20-25(21-23-30)24-16-18-29(19-17-24)32(28-14-8-3-9-15-28)31(26-10-4-1-5-11-26)27-12-6-2-7-13-27;27-24-18-16-23(17-19-24)26(22-14-8-3-9-15-22)25(20-10-4-1-5-11-20)21-12-6-2-7-13-21;8-5-6-3-1-2-4-7(6)9(10)11;8-5-1-3-6(4-2-5)10-7-9;1-2;/h1-27H,28H2;1-23,33H;1-19H;1-4H,5H2;1-4,8-9H;;1H. The average Bonchev–Trinajstić information content (AvgIpc) is 0.788. The van der Waals surface area contributed by atoms with Gasteiger partial charge in [-0.05, 0) is 189 Å². The molecule has 17 aromatic rings. The monoisotopic (exact) mass is 2130 g/mol. The topological polar surface area (TPSA) is 165 Å². The number of ether oxygens (including phenoxy) is 1. The van der Waals surface area contributed by atoms with Gasteiger partial charge in [-0.25, -0.2) is 0 Å². The van der Waals surface area contributed by atoms with Gasteiger partial charge in [0.2, 0.25) is 0 Å². The third-order valence-corrected chi connectivity index (χ3v) is 21.3. The van der Waals surface area contributed by atoms with Crippen LogP contribution in [0.3, 0.4) is 0 Å². The Bertz CT molecular complexity index is 6230. The minimum Gasteiger partial charge on any atom is -0.537 e. The number of aromatic hydroxyl groups is 2. The first-order valence-electron chi connectivity index (χ1n) is 40.2. The number of alkyl halides is 1. The van der Waals surface area contributed by atoms with E-state index in [0.29, 0.717) is 35.6 Å². The van der Waals surface area contributed by atoms with Crippen LogP contribution in [0, 0.1) is 20.2 Å². The van der Waals surface area contributed by atoms with Crippen molar-refractivity contribution in [3.8, 4) is 45.3 Å². The van der Waals surface area contributed by atoms with Crippen molar-refractivity contribution in [2.45, 2.75) is 11.9 Å². The minimum absolute atomic E-state index is 0. The predicted octanol–water partition coefficient (Wildman–Crippen LogP) is 30.5. The van der Waals surface area contributed by atoms with Crippen LogP contribution in [-0.4, -0.2) is 32.8 Å². The number of nitro groups is 2. The third-order valence-electron chi connectivity index (χ3n) is 20.1. The summed E-state index contributed by atoms with van der Waals surface area (Å²) in [5, 5.41) is 48.8.